The number of hydrogen-bond acceptors (Lipinski definition) is 5. The average molecular weight is 473 g/mol. The van der Waals surface area contributed by atoms with Crippen LogP contribution in [0.15, 0.2) is 90.1 Å². The minimum absolute atomic E-state index is 0.554. The van der Waals surface area contributed by atoms with Crippen molar-refractivity contribution in [3.05, 3.63) is 107 Å². The van der Waals surface area contributed by atoms with Crippen molar-refractivity contribution in [3.63, 3.8) is 0 Å². The van der Waals surface area contributed by atoms with Gasteiger partial charge in [-0.2, -0.15) is 9.90 Å². The number of benzene rings is 3. The summed E-state index contributed by atoms with van der Waals surface area (Å²) in [5.41, 5.74) is 5.34. The molecule has 0 unspecified atom stereocenters. The third-order valence-corrected chi connectivity index (χ3v) is 6.51. The van der Waals surface area contributed by atoms with Gasteiger partial charge in [-0.3, -0.25) is 0 Å². The van der Waals surface area contributed by atoms with E-state index in [1.807, 2.05) is 53.2 Å². The predicted molar refractivity (Wildman–Crippen MR) is 132 cm³/mol. The Hall–Kier alpha value is -3.42. The number of aromatic nitrogens is 6. The third kappa shape index (κ3) is 4.99. The van der Waals surface area contributed by atoms with Crippen molar-refractivity contribution in [1.29, 1.82) is 0 Å². The molecular weight excluding hydrogens is 452 g/mol. The summed E-state index contributed by atoms with van der Waals surface area (Å²) >= 11 is 7.79. The number of thioether (sulfide) groups is 1. The Morgan fingerprint density at radius 3 is 2.48 bits per heavy atom. The second-order valence-corrected chi connectivity index (χ2v) is 9.06. The molecule has 164 valence electrons. The standard InChI is InChI=1S/C25H21ClN6S/c1-18-6-5-9-20(14-18)16-31-29-24(28-30-31)23-15-27-32(22-12-10-21(26)11-13-22)25(23)33-17-19-7-3-2-4-8-19/h2-15H,16-17H2,1H3. The molecule has 0 aliphatic rings. The molecule has 0 atom stereocenters. The number of nitrogens with zero attached hydrogens (tertiary/aromatic N) is 6. The maximum atomic E-state index is 6.09. The largest absolute Gasteiger partial charge is 0.226 e. The highest BCUT2D eigenvalue weighted by molar-refractivity contribution is 7.98. The van der Waals surface area contributed by atoms with Crippen molar-refractivity contribution < 1.29 is 0 Å². The third-order valence-electron chi connectivity index (χ3n) is 5.11. The molecule has 0 amide bonds. The van der Waals surface area contributed by atoms with Crippen LogP contribution in [0.2, 0.25) is 5.02 Å². The number of hydrogen-bond donors (Lipinski definition) is 0. The number of halogens is 1. The minimum atomic E-state index is 0.554. The molecule has 5 aromatic rings. The summed E-state index contributed by atoms with van der Waals surface area (Å²) < 4.78 is 1.90. The molecular formula is C25H21ClN6S. The van der Waals surface area contributed by atoms with E-state index in [4.69, 9.17) is 11.6 Å². The molecule has 2 aromatic heterocycles. The lowest BCUT2D eigenvalue weighted by molar-refractivity contribution is 0.572. The van der Waals surface area contributed by atoms with Crippen LogP contribution in [0.4, 0.5) is 0 Å². The van der Waals surface area contributed by atoms with Gasteiger partial charge >= 0.3 is 0 Å². The SMILES string of the molecule is Cc1cccc(Cn2nnc(-c3cnn(-c4ccc(Cl)cc4)c3SCc3ccccc3)n2)c1. The molecule has 6 nitrogen and oxygen atoms in total. The van der Waals surface area contributed by atoms with Gasteiger partial charge in [0.1, 0.15) is 5.03 Å². The Labute approximate surface area is 201 Å². The maximum absolute atomic E-state index is 6.09. The van der Waals surface area contributed by atoms with Crippen LogP contribution in [-0.2, 0) is 12.3 Å². The fourth-order valence-corrected chi connectivity index (χ4v) is 4.71. The van der Waals surface area contributed by atoms with Crippen molar-refractivity contribution in [3.8, 4) is 17.1 Å². The van der Waals surface area contributed by atoms with Gasteiger partial charge < -0.3 is 0 Å². The van der Waals surface area contributed by atoms with Crippen LogP contribution in [0.25, 0.3) is 17.1 Å². The lowest BCUT2D eigenvalue weighted by atomic mass is 10.1. The monoisotopic (exact) mass is 472 g/mol. The first kappa shape index (κ1) is 21.4. The zero-order valence-corrected chi connectivity index (χ0v) is 19.5. The number of tetrazole rings is 1. The van der Waals surface area contributed by atoms with Crippen LogP contribution in [0.3, 0.4) is 0 Å². The summed E-state index contributed by atoms with van der Waals surface area (Å²) in [5.74, 6) is 1.35. The predicted octanol–water partition coefficient (Wildman–Crippen LogP) is 5.83. The molecule has 0 radical (unpaired) electrons. The summed E-state index contributed by atoms with van der Waals surface area (Å²) in [6.45, 7) is 2.64. The van der Waals surface area contributed by atoms with Gasteiger partial charge in [-0.25, -0.2) is 4.68 Å². The summed E-state index contributed by atoms with van der Waals surface area (Å²) in [7, 11) is 0. The van der Waals surface area contributed by atoms with Gasteiger partial charge in [-0.1, -0.05) is 71.8 Å². The highest BCUT2D eigenvalue weighted by Gasteiger charge is 2.19. The molecule has 3 aromatic carbocycles. The first-order valence-corrected chi connectivity index (χ1v) is 11.9. The quantitative estimate of drug-likeness (QED) is 0.279. The van der Waals surface area contributed by atoms with Crippen molar-refractivity contribution in [1.82, 2.24) is 30.0 Å². The van der Waals surface area contributed by atoms with Gasteiger partial charge in [0.25, 0.3) is 0 Å². The van der Waals surface area contributed by atoms with Crippen LogP contribution in [0.1, 0.15) is 16.7 Å². The summed E-state index contributed by atoms with van der Waals surface area (Å²) in [6.07, 6.45) is 1.80. The lowest BCUT2D eigenvalue weighted by Crippen LogP contribution is -2.04. The summed E-state index contributed by atoms with van der Waals surface area (Å²) in [6, 6.07) is 26.3. The van der Waals surface area contributed by atoms with E-state index in [9.17, 15) is 0 Å². The molecule has 0 N–H and O–H groups in total. The van der Waals surface area contributed by atoms with Crippen molar-refractivity contribution >= 4 is 23.4 Å². The van der Waals surface area contributed by atoms with Gasteiger partial charge in [0.15, 0.2) is 0 Å². The van der Waals surface area contributed by atoms with Crippen molar-refractivity contribution in [2.24, 2.45) is 0 Å². The molecule has 0 bridgehead atoms. The molecule has 2 heterocycles. The van der Waals surface area contributed by atoms with Crippen LogP contribution in [-0.4, -0.2) is 30.0 Å². The highest BCUT2D eigenvalue weighted by Crippen LogP contribution is 2.33. The molecule has 5 rings (SSSR count). The first-order valence-electron chi connectivity index (χ1n) is 10.5. The molecule has 0 saturated heterocycles. The Balaban J connectivity index is 1.47. The zero-order chi connectivity index (χ0) is 22.6. The molecule has 8 heteroatoms. The zero-order valence-electron chi connectivity index (χ0n) is 18.0. The fraction of sp³-hybridized carbons (Fsp3) is 0.120. The van der Waals surface area contributed by atoms with E-state index in [0.29, 0.717) is 17.4 Å². The molecule has 33 heavy (non-hydrogen) atoms. The van der Waals surface area contributed by atoms with Gasteiger partial charge in [-0.05, 0) is 47.5 Å². The van der Waals surface area contributed by atoms with Crippen LogP contribution >= 0.6 is 23.4 Å². The molecule has 0 aliphatic carbocycles. The molecule has 0 fully saturated rings. The topological polar surface area (TPSA) is 61.4 Å². The second kappa shape index (κ2) is 9.60. The summed E-state index contributed by atoms with van der Waals surface area (Å²) in [4.78, 5) is 1.62. The van der Waals surface area contributed by atoms with Gasteiger partial charge in [0.2, 0.25) is 5.82 Å². The van der Waals surface area contributed by atoms with E-state index < -0.39 is 0 Å². The van der Waals surface area contributed by atoms with Gasteiger partial charge in [0.05, 0.1) is 24.0 Å². The maximum Gasteiger partial charge on any atom is 0.209 e. The van der Waals surface area contributed by atoms with Crippen LogP contribution < -0.4 is 0 Å². The van der Waals surface area contributed by atoms with E-state index >= 15 is 0 Å². The fourth-order valence-electron chi connectivity index (χ4n) is 3.51. The summed E-state index contributed by atoms with van der Waals surface area (Å²) in [5, 5.41) is 19.6. The molecule has 0 spiro atoms. The van der Waals surface area contributed by atoms with Gasteiger partial charge in [0, 0.05) is 10.8 Å². The Morgan fingerprint density at radius 2 is 1.70 bits per heavy atom. The minimum Gasteiger partial charge on any atom is -0.226 e. The first-order chi connectivity index (χ1) is 16.2. The van der Waals surface area contributed by atoms with Crippen molar-refractivity contribution in [2.45, 2.75) is 24.2 Å². The molecule has 0 saturated carbocycles. The van der Waals surface area contributed by atoms with E-state index in [1.165, 1.54) is 11.1 Å². The average Bonchev–Trinajstić information content (AvgIpc) is 3.46. The second-order valence-electron chi connectivity index (χ2n) is 7.66. The normalized spacial score (nSPS) is 11.1. The Bertz CT molecular complexity index is 1360. The van der Waals surface area contributed by atoms with Crippen LogP contribution in [0, 0.1) is 6.92 Å². The number of rotatable bonds is 7. The lowest BCUT2D eigenvalue weighted by Gasteiger charge is -2.09. The highest BCUT2D eigenvalue weighted by atomic mass is 35.5. The van der Waals surface area contributed by atoms with Crippen molar-refractivity contribution in [2.75, 3.05) is 0 Å². The van der Waals surface area contributed by atoms with E-state index in [2.05, 4.69) is 57.8 Å². The van der Waals surface area contributed by atoms with Gasteiger partial charge in [-0.15, -0.1) is 22.0 Å². The van der Waals surface area contributed by atoms with E-state index in [-0.39, 0.29) is 0 Å². The number of aryl methyl sites for hydroxylation is 1. The van der Waals surface area contributed by atoms with E-state index in [0.717, 1.165) is 27.6 Å². The smallest absolute Gasteiger partial charge is 0.209 e. The van der Waals surface area contributed by atoms with E-state index in [1.54, 1.807) is 22.8 Å². The Kier molecular flexibility index (Phi) is 6.24. The Morgan fingerprint density at radius 1 is 0.909 bits per heavy atom. The molecule has 0 aliphatic heterocycles. The van der Waals surface area contributed by atoms with Crippen LogP contribution in [0.5, 0.6) is 0 Å².